The van der Waals surface area contributed by atoms with Crippen LogP contribution in [-0.2, 0) is 16.4 Å². The Balaban J connectivity index is 1.98. The van der Waals surface area contributed by atoms with Gasteiger partial charge in [-0.15, -0.1) is 0 Å². The highest BCUT2D eigenvalue weighted by atomic mass is 32.2. The molecule has 0 spiro atoms. The number of likely N-dealkylation sites (N-methyl/N-ethyl adjacent to an activating group) is 1. The van der Waals surface area contributed by atoms with Crippen molar-refractivity contribution in [3.8, 4) is 17.6 Å². The van der Waals surface area contributed by atoms with Crippen molar-refractivity contribution < 1.29 is 17.9 Å². The molecule has 3 rings (SSSR count). The topological polar surface area (TPSA) is 91.7 Å². The second kappa shape index (κ2) is 7.47. The molecule has 0 saturated heterocycles. The van der Waals surface area contributed by atoms with E-state index >= 15 is 0 Å². The molecule has 1 aliphatic heterocycles. The molecule has 0 amide bonds. The molecule has 142 valence electrons. The highest BCUT2D eigenvalue weighted by Crippen LogP contribution is 2.39. The average molecular weight is 387 g/mol. The van der Waals surface area contributed by atoms with Crippen molar-refractivity contribution in [3.63, 3.8) is 0 Å². The molecule has 0 bridgehead atoms. The summed E-state index contributed by atoms with van der Waals surface area (Å²) in [5, 5.41) is 8.86. The highest BCUT2D eigenvalue weighted by molar-refractivity contribution is 7.92. The number of benzene rings is 2. The van der Waals surface area contributed by atoms with Crippen LogP contribution >= 0.6 is 0 Å². The molecule has 0 fully saturated rings. The Hall–Kier alpha value is -2.76. The van der Waals surface area contributed by atoms with Crippen molar-refractivity contribution in [1.82, 2.24) is 4.90 Å². The molecule has 8 heteroatoms. The van der Waals surface area contributed by atoms with Gasteiger partial charge in [0.1, 0.15) is 23.0 Å². The average Bonchev–Trinajstić information content (AvgIpc) is 2.66. The van der Waals surface area contributed by atoms with Gasteiger partial charge in [0.05, 0.1) is 18.7 Å². The quantitative estimate of drug-likeness (QED) is 0.846. The zero-order chi connectivity index (χ0) is 19.6. The Morgan fingerprint density at radius 1 is 1.22 bits per heavy atom. The number of ether oxygens (including phenoxy) is 2. The first kappa shape index (κ1) is 19.0. The lowest BCUT2D eigenvalue weighted by Gasteiger charge is -2.31. The summed E-state index contributed by atoms with van der Waals surface area (Å²) < 4.78 is 39.7. The third-order valence-corrected chi connectivity index (χ3v) is 5.95. The summed E-state index contributed by atoms with van der Waals surface area (Å²) in [7, 11) is 1.60. The van der Waals surface area contributed by atoms with Gasteiger partial charge in [0.15, 0.2) is 0 Å². The van der Waals surface area contributed by atoms with Crippen LogP contribution in [0.4, 0.5) is 5.69 Å². The van der Waals surface area contributed by atoms with Crippen molar-refractivity contribution in [2.24, 2.45) is 0 Å². The van der Waals surface area contributed by atoms with Gasteiger partial charge in [-0.3, -0.25) is 4.72 Å². The zero-order valence-electron chi connectivity index (χ0n) is 15.4. The molecule has 1 heterocycles. The van der Waals surface area contributed by atoms with Crippen LogP contribution in [0, 0.1) is 11.3 Å². The molecule has 1 atom stereocenters. The minimum Gasteiger partial charge on any atom is -0.496 e. The minimum absolute atomic E-state index is 0.0693. The molecule has 0 aromatic heterocycles. The van der Waals surface area contributed by atoms with E-state index in [4.69, 9.17) is 14.7 Å². The first-order valence-corrected chi connectivity index (χ1v) is 9.86. The Labute approximate surface area is 159 Å². The summed E-state index contributed by atoms with van der Waals surface area (Å²) in [5.74, 6) is 0.933. The van der Waals surface area contributed by atoms with Crippen LogP contribution in [-0.4, -0.2) is 47.2 Å². The van der Waals surface area contributed by atoms with Crippen molar-refractivity contribution in [2.45, 2.75) is 17.4 Å². The summed E-state index contributed by atoms with van der Waals surface area (Å²) in [6, 6.07) is 11.5. The van der Waals surface area contributed by atoms with Crippen LogP contribution in [0.3, 0.4) is 0 Å². The Bertz CT molecular complexity index is 979. The van der Waals surface area contributed by atoms with Crippen LogP contribution < -0.4 is 14.2 Å². The van der Waals surface area contributed by atoms with E-state index in [1.165, 1.54) is 6.07 Å². The molecule has 2 aromatic rings. The number of methoxy groups -OCH3 is 1. The SMILES string of the molecule is COc1ccc(S(=O)(=O)Nc2ccc(C#N)cc2)c2c1CC(N(C)C)CO2. The number of nitrogens with one attached hydrogen (secondary N) is 1. The summed E-state index contributed by atoms with van der Waals surface area (Å²) in [4.78, 5) is 2.11. The van der Waals surface area contributed by atoms with Gasteiger partial charge >= 0.3 is 0 Å². The second-order valence-electron chi connectivity index (χ2n) is 6.50. The van der Waals surface area contributed by atoms with Gasteiger partial charge in [-0.1, -0.05) is 0 Å². The summed E-state index contributed by atoms with van der Waals surface area (Å²) in [6.45, 7) is 0.395. The molecule has 0 radical (unpaired) electrons. The van der Waals surface area contributed by atoms with Gasteiger partial charge in [0, 0.05) is 17.3 Å². The molecular formula is C19H21N3O4S. The standard InChI is InChI=1S/C19H21N3O4S/c1-22(2)15-10-16-17(25-3)8-9-18(19(16)26-12-15)27(23,24)21-14-6-4-13(11-20)5-7-14/h4-9,15,21H,10,12H2,1-3H3. The molecule has 1 aliphatic rings. The second-order valence-corrected chi connectivity index (χ2v) is 8.15. The lowest BCUT2D eigenvalue weighted by Crippen LogP contribution is -2.39. The highest BCUT2D eigenvalue weighted by Gasteiger charge is 2.31. The van der Waals surface area contributed by atoms with Gasteiger partial charge < -0.3 is 14.4 Å². The van der Waals surface area contributed by atoms with E-state index in [1.807, 2.05) is 25.1 Å². The normalized spacial score (nSPS) is 16.2. The number of nitrogens with zero attached hydrogens (tertiary/aromatic N) is 2. The lowest BCUT2D eigenvalue weighted by molar-refractivity contribution is 0.159. The summed E-state index contributed by atoms with van der Waals surface area (Å²) in [6.07, 6.45) is 0.631. The van der Waals surface area contributed by atoms with Crippen molar-refractivity contribution in [1.29, 1.82) is 5.26 Å². The van der Waals surface area contributed by atoms with Crippen LogP contribution in [0.5, 0.6) is 11.5 Å². The number of hydrogen-bond donors (Lipinski definition) is 1. The van der Waals surface area contributed by atoms with Crippen LogP contribution in [0.1, 0.15) is 11.1 Å². The maximum absolute atomic E-state index is 12.9. The van der Waals surface area contributed by atoms with E-state index in [9.17, 15) is 8.42 Å². The van der Waals surface area contributed by atoms with E-state index in [-0.39, 0.29) is 10.9 Å². The maximum atomic E-state index is 12.9. The van der Waals surface area contributed by atoms with Crippen molar-refractivity contribution in [3.05, 3.63) is 47.5 Å². The van der Waals surface area contributed by atoms with E-state index in [0.29, 0.717) is 35.8 Å². The zero-order valence-corrected chi connectivity index (χ0v) is 16.2. The predicted molar refractivity (Wildman–Crippen MR) is 102 cm³/mol. The lowest BCUT2D eigenvalue weighted by atomic mass is 10.0. The van der Waals surface area contributed by atoms with E-state index in [0.717, 1.165) is 5.56 Å². The van der Waals surface area contributed by atoms with Gasteiger partial charge in [0.25, 0.3) is 10.0 Å². The number of anilines is 1. The van der Waals surface area contributed by atoms with E-state index < -0.39 is 10.0 Å². The van der Waals surface area contributed by atoms with Crippen molar-refractivity contribution >= 4 is 15.7 Å². The van der Waals surface area contributed by atoms with Gasteiger partial charge in [-0.05, 0) is 56.9 Å². The molecule has 27 heavy (non-hydrogen) atoms. The third kappa shape index (κ3) is 3.84. The third-order valence-electron chi connectivity index (χ3n) is 4.55. The summed E-state index contributed by atoms with van der Waals surface area (Å²) in [5.41, 5.74) is 1.57. The largest absolute Gasteiger partial charge is 0.496 e. The summed E-state index contributed by atoms with van der Waals surface area (Å²) >= 11 is 0. The van der Waals surface area contributed by atoms with E-state index in [1.54, 1.807) is 37.4 Å². The molecule has 2 aromatic carbocycles. The van der Waals surface area contributed by atoms with Crippen LogP contribution in [0.25, 0.3) is 0 Å². The van der Waals surface area contributed by atoms with Gasteiger partial charge in [0.2, 0.25) is 0 Å². The minimum atomic E-state index is -3.86. The molecular weight excluding hydrogens is 366 g/mol. The van der Waals surface area contributed by atoms with Crippen molar-refractivity contribution in [2.75, 3.05) is 32.5 Å². The fraction of sp³-hybridized carbons (Fsp3) is 0.316. The molecule has 1 unspecified atom stereocenters. The Kier molecular flexibility index (Phi) is 5.26. The number of sulfonamides is 1. The first-order chi connectivity index (χ1) is 12.9. The van der Waals surface area contributed by atoms with E-state index in [2.05, 4.69) is 4.72 Å². The smallest absolute Gasteiger partial charge is 0.265 e. The van der Waals surface area contributed by atoms with Gasteiger partial charge in [-0.2, -0.15) is 5.26 Å². The molecule has 7 nitrogen and oxygen atoms in total. The number of nitriles is 1. The monoisotopic (exact) mass is 387 g/mol. The number of rotatable bonds is 5. The fourth-order valence-electron chi connectivity index (χ4n) is 2.97. The van der Waals surface area contributed by atoms with Crippen LogP contribution in [0.2, 0.25) is 0 Å². The first-order valence-electron chi connectivity index (χ1n) is 8.38. The van der Waals surface area contributed by atoms with Crippen LogP contribution in [0.15, 0.2) is 41.3 Å². The Morgan fingerprint density at radius 2 is 1.93 bits per heavy atom. The maximum Gasteiger partial charge on any atom is 0.265 e. The molecule has 1 N–H and O–H groups in total. The Morgan fingerprint density at radius 3 is 2.52 bits per heavy atom. The molecule has 0 aliphatic carbocycles. The van der Waals surface area contributed by atoms with Gasteiger partial charge in [-0.25, -0.2) is 8.42 Å². The number of fused-ring (bicyclic) bond motifs is 1. The number of hydrogen-bond acceptors (Lipinski definition) is 6. The molecule has 0 saturated carbocycles. The fourth-order valence-corrected chi connectivity index (χ4v) is 4.20. The predicted octanol–water partition coefficient (Wildman–Crippen LogP) is 2.23.